The first-order chi connectivity index (χ1) is 5.84. The van der Waals surface area contributed by atoms with Gasteiger partial charge in [0.25, 0.3) is 0 Å². The minimum absolute atomic E-state index is 0.848. The van der Waals surface area contributed by atoms with Crippen LogP contribution in [-0.4, -0.2) is 4.98 Å². The normalized spacial score (nSPS) is 10.2. The third-order valence-corrected chi connectivity index (χ3v) is 2.26. The number of nitrogens with zero attached hydrogens (tertiary/aromatic N) is 1. The average molecular weight is 184 g/mol. The zero-order chi connectivity index (χ0) is 8.81. The molecule has 0 fully saturated rings. The SMILES string of the molecule is CCCCCc1cnccc1Cl. The Morgan fingerprint density at radius 3 is 2.92 bits per heavy atom. The second-order valence-corrected chi connectivity index (χ2v) is 3.33. The number of hydrogen-bond donors (Lipinski definition) is 0. The van der Waals surface area contributed by atoms with Crippen LogP contribution in [0.4, 0.5) is 0 Å². The molecule has 0 N–H and O–H groups in total. The number of hydrogen-bond acceptors (Lipinski definition) is 1. The second kappa shape index (κ2) is 5.15. The van der Waals surface area contributed by atoms with Crippen LogP contribution in [0.25, 0.3) is 0 Å². The maximum atomic E-state index is 5.96. The van der Waals surface area contributed by atoms with E-state index in [9.17, 15) is 0 Å². The van der Waals surface area contributed by atoms with Gasteiger partial charge in [-0.15, -0.1) is 0 Å². The van der Waals surface area contributed by atoms with E-state index in [2.05, 4.69) is 11.9 Å². The average Bonchev–Trinajstić information content (AvgIpc) is 2.09. The maximum Gasteiger partial charge on any atom is 0.0468 e. The summed E-state index contributed by atoms with van der Waals surface area (Å²) in [5.74, 6) is 0. The van der Waals surface area contributed by atoms with Crippen LogP contribution in [0, 0.1) is 0 Å². The lowest BCUT2D eigenvalue weighted by molar-refractivity contribution is 0.716. The van der Waals surface area contributed by atoms with Gasteiger partial charge in [-0.3, -0.25) is 4.98 Å². The molecule has 0 spiro atoms. The summed E-state index contributed by atoms with van der Waals surface area (Å²) in [5.41, 5.74) is 1.17. The summed E-state index contributed by atoms with van der Waals surface area (Å²) in [4.78, 5) is 4.04. The van der Waals surface area contributed by atoms with Gasteiger partial charge in [0.1, 0.15) is 0 Å². The lowest BCUT2D eigenvalue weighted by Crippen LogP contribution is -1.87. The molecule has 1 heterocycles. The summed E-state index contributed by atoms with van der Waals surface area (Å²) >= 11 is 5.96. The molecule has 0 unspecified atom stereocenters. The smallest absolute Gasteiger partial charge is 0.0468 e. The van der Waals surface area contributed by atoms with Gasteiger partial charge in [-0.1, -0.05) is 31.4 Å². The zero-order valence-electron chi connectivity index (χ0n) is 7.39. The van der Waals surface area contributed by atoms with Crippen LogP contribution in [0.15, 0.2) is 18.5 Å². The second-order valence-electron chi connectivity index (χ2n) is 2.92. The highest BCUT2D eigenvalue weighted by molar-refractivity contribution is 6.31. The van der Waals surface area contributed by atoms with Crippen molar-refractivity contribution in [2.24, 2.45) is 0 Å². The van der Waals surface area contributed by atoms with Crippen LogP contribution in [0.5, 0.6) is 0 Å². The van der Waals surface area contributed by atoms with Gasteiger partial charge >= 0.3 is 0 Å². The topological polar surface area (TPSA) is 12.9 Å². The molecule has 0 aliphatic rings. The largest absolute Gasteiger partial charge is 0.264 e. The fourth-order valence-corrected chi connectivity index (χ4v) is 1.36. The number of unbranched alkanes of at least 4 members (excludes halogenated alkanes) is 2. The third-order valence-electron chi connectivity index (χ3n) is 1.89. The molecule has 0 aliphatic heterocycles. The van der Waals surface area contributed by atoms with Crippen LogP contribution in [0.1, 0.15) is 31.7 Å². The van der Waals surface area contributed by atoms with Gasteiger partial charge in [0.15, 0.2) is 0 Å². The van der Waals surface area contributed by atoms with Crippen molar-refractivity contribution in [3.05, 3.63) is 29.0 Å². The number of rotatable bonds is 4. The van der Waals surface area contributed by atoms with Crippen LogP contribution < -0.4 is 0 Å². The first-order valence-corrected chi connectivity index (χ1v) is 4.80. The molecule has 1 aromatic heterocycles. The van der Waals surface area contributed by atoms with Gasteiger partial charge in [-0.2, -0.15) is 0 Å². The molecule has 0 saturated heterocycles. The molecule has 1 aromatic rings. The molecular weight excluding hydrogens is 170 g/mol. The molecule has 0 aromatic carbocycles. The van der Waals surface area contributed by atoms with Crippen LogP contribution in [0.2, 0.25) is 5.02 Å². The number of aromatic nitrogens is 1. The van der Waals surface area contributed by atoms with E-state index in [1.807, 2.05) is 12.3 Å². The Hall–Kier alpha value is -0.560. The third kappa shape index (κ3) is 2.82. The minimum Gasteiger partial charge on any atom is -0.264 e. The van der Waals surface area contributed by atoms with Gasteiger partial charge < -0.3 is 0 Å². The van der Waals surface area contributed by atoms with Gasteiger partial charge in [-0.05, 0) is 24.5 Å². The van der Waals surface area contributed by atoms with Crippen molar-refractivity contribution in [3.63, 3.8) is 0 Å². The molecule has 0 aliphatic carbocycles. The van der Waals surface area contributed by atoms with Gasteiger partial charge in [0.2, 0.25) is 0 Å². The van der Waals surface area contributed by atoms with Crippen molar-refractivity contribution in [2.75, 3.05) is 0 Å². The summed E-state index contributed by atoms with van der Waals surface area (Å²) < 4.78 is 0. The fraction of sp³-hybridized carbons (Fsp3) is 0.500. The Morgan fingerprint density at radius 2 is 2.25 bits per heavy atom. The summed E-state index contributed by atoms with van der Waals surface area (Å²) in [5, 5.41) is 0.848. The van der Waals surface area contributed by atoms with Crippen molar-refractivity contribution >= 4 is 11.6 Å². The summed E-state index contributed by atoms with van der Waals surface area (Å²) in [6.07, 6.45) is 8.37. The van der Waals surface area contributed by atoms with Crippen molar-refractivity contribution in [1.82, 2.24) is 4.98 Å². The number of halogens is 1. The Labute approximate surface area is 78.8 Å². The van der Waals surface area contributed by atoms with E-state index >= 15 is 0 Å². The fourth-order valence-electron chi connectivity index (χ4n) is 1.16. The molecular formula is C10H14ClN. The quantitative estimate of drug-likeness (QED) is 0.652. The first kappa shape index (κ1) is 9.53. The molecule has 1 nitrogen and oxygen atoms in total. The van der Waals surface area contributed by atoms with E-state index in [0.717, 1.165) is 11.4 Å². The van der Waals surface area contributed by atoms with Crippen molar-refractivity contribution in [1.29, 1.82) is 0 Å². The van der Waals surface area contributed by atoms with Gasteiger partial charge in [-0.25, -0.2) is 0 Å². The molecule has 1 rings (SSSR count). The molecule has 0 radical (unpaired) electrons. The molecule has 0 amide bonds. The molecule has 0 saturated carbocycles. The Morgan fingerprint density at radius 1 is 1.42 bits per heavy atom. The Balaban J connectivity index is 2.46. The van der Waals surface area contributed by atoms with Crippen molar-refractivity contribution in [2.45, 2.75) is 32.6 Å². The van der Waals surface area contributed by atoms with E-state index in [1.54, 1.807) is 6.20 Å². The van der Waals surface area contributed by atoms with E-state index in [-0.39, 0.29) is 0 Å². The molecule has 12 heavy (non-hydrogen) atoms. The highest BCUT2D eigenvalue weighted by Crippen LogP contribution is 2.15. The minimum atomic E-state index is 0.848. The molecule has 0 bridgehead atoms. The number of aryl methyl sites for hydroxylation is 1. The van der Waals surface area contributed by atoms with E-state index in [4.69, 9.17) is 11.6 Å². The van der Waals surface area contributed by atoms with E-state index < -0.39 is 0 Å². The molecule has 66 valence electrons. The van der Waals surface area contributed by atoms with Crippen LogP contribution in [-0.2, 0) is 6.42 Å². The molecule has 0 atom stereocenters. The Kier molecular flexibility index (Phi) is 4.09. The van der Waals surface area contributed by atoms with E-state index in [1.165, 1.54) is 24.8 Å². The van der Waals surface area contributed by atoms with Gasteiger partial charge in [0, 0.05) is 17.4 Å². The standard InChI is InChI=1S/C10H14ClN/c1-2-3-4-5-9-8-12-7-6-10(9)11/h6-8H,2-5H2,1H3. The van der Waals surface area contributed by atoms with Gasteiger partial charge in [0.05, 0.1) is 0 Å². The summed E-state index contributed by atoms with van der Waals surface area (Å²) in [7, 11) is 0. The zero-order valence-corrected chi connectivity index (χ0v) is 8.14. The predicted octanol–water partition coefficient (Wildman–Crippen LogP) is 3.47. The van der Waals surface area contributed by atoms with Crippen molar-refractivity contribution < 1.29 is 0 Å². The van der Waals surface area contributed by atoms with E-state index in [0.29, 0.717) is 0 Å². The first-order valence-electron chi connectivity index (χ1n) is 4.43. The highest BCUT2D eigenvalue weighted by Gasteiger charge is 1.97. The van der Waals surface area contributed by atoms with Crippen molar-refractivity contribution in [3.8, 4) is 0 Å². The lowest BCUT2D eigenvalue weighted by atomic mass is 10.1. The van der Waals surface area contributed by atoms with Crippen LogP contribution >= 0.6 is 11.6 Å². The van der Waals surface area contributed by atoms with Crippen LogP contribution in [0.3, 0.4) is 0 Å². The summed E-state index contributed by atoms with van der Waals surface area (Å²) in [6, 6.07) is 1.85. The monoisotopic (exact) mass is 183 g/mol. The predicted molar refractivity (Wildman–Crippen MR) is 52.5 cm³/mol. The Bertz CT molecular complexity index is 235. The highest BCUT2D eigenvalue weighted by atomic mass is 35.5. The lowest BCUT2D eigenvalue weighted by Gasteiger charge is -2.01. The number of pyridine rings is 1. The summed E-state index contributed by atoms with van der Waals surface area (Å²) in [6.45, 7) is 2.20. The maximum absolute atomic E-state index is 5.96. The molecule has 2 heteroatoms.